The van der Waals surface area contributed by atoms with Crippen molar-refractivity contribution < 1.29 is 0 Å². The molecule has 0 amide bonds. The van der Waals surface area contributed by atoms with Crippen LogP contribution < -0.4 is 5.73 Å². The van der Waals surface area contributed by atoms with Gasteiger partial charge >= 0.3 is 0 Å². The fourth-order valence-electron chi connectivity index (χ4n) is 2.35. The van der Waals surface area contributed by atoms with Gasteiger partial charge in [-0.3, -0.25) is 0 Å². The molecule has 1 aromatic heterocycles. The highest BCUT2D eigenvalue weighted by molar-refractivity contribution is 7.09. The van der Waals surface area contributed by atoms with E-state index in [1.807, 2.05) is 11.3 Å². The van der Waals surface area contributed by atoms with Crippen LogP contribution in [-0.2, 0) is 12.8 Å². The Hall–Kier alpha value is -0.450. The first kappa shape index (κ1) is 13.0. The van der Waals surface area contributed by atoms with Crippen molar-refractivity contribution in [2.45, 2.75) is 32.1 Å². The van der Waals surface area contributed by atoms with Crippen molar-refractivity contribution in [2.75, 3.05) is 26.7 Å². The van der Waals surface area contributed by atoms with Crippen molar-refractivity contribution in [3.05, 3.63) is 16.1 Å². The van der Waals surface area contributed by atoms with E-state index >= 15 is 0 Å². The number of thiazole rings is 1. The Morgan fingerprint density at radius 1 is 1.47 bits per heavy atom. The molecule has 0 aliphatic carbocycles. The normalized spacial score (nSPS) is 18.7. The molecule has 0 spiro atoms. The van der Waals surface area contributed by atoms with E-state index in [-0.39, 0.29) is 0 Å². The molecule has 2 N–H and O–H groups in total. The second-order valence-corrected chi connectivity index (χ2v) is 6.02. The van der Waals surface area contributed by atoms with Crippen LogP contribution >= 0.6 is 11.3 Å². The lowest BCUT2D eigenvalue weighted by molar-refractivity contribution is 0.219. The molecule has 0 saturated carbocycles. The smallest absolute Gasteiger partial charge is 0.0931 e. The van der Waals surface area contributed by atoms with Crippen LogP contribution in [-0.4, -0.2) is 36.6 Å². The van der Waals surface area contributed by atoms with Gasteiger partial charge in [0.15, 0.2) is 0 Å². The summed E-state index contributed by atoms with van der Waals surface area (Å²) in [5, 5.41) is 3.53. The van der Waals surface area contributed by atoms with Crippen molar-refractivity contribution in [1.82, 2.24) is 9.88 Å². The Balaban J connectivity index is 1.80. The van der Waals surface area contributed by atoms with Crippen molar-refractivity contribution >= 4 is 11.3 Å². The van der Waals surface area contributed by atoms with E-state index in [0.717, 1.165) is 25.3 Å². The fourth-order valence-corrected chi connectivity index (χ4v) is 3.30. The molecule has 0 aromatic carbocycles. The lowest BCUT2D eigenvalue weighted by atomic mass is 9.94. The molecule has 2 rings (SSSR count). The van der Waals surface area contributed by atoms with Crippen molar-refractivity contribution in [3.63, 3.8) is 0 Å². The molecule has 0 bridgehead atoms. The highest BCUT2D eigenvalue weighted by Crippen LogP contribution is 2.23. The topological polar surface area (TPSA) is 42.2 Å². The number of aromatic nitrogens is 1. The van der Waals surface area contributed by atoms with Crippen molar-refractivity contribution in [3.8, 4) is 0 Å². The van der Waals surface area contributed by atoms with Gasteiger partial charge in [0.05, 0.1) is 10.7 Å². The highest BCUT2D eigenvalue weighted by atomic mass is 32.1. The van der Waals surface area contributed by atoms with E-state index < -0.39 is 0 Å². The number of hydrogen-bond acceptors (Lipinski definition) is 4. The lowest BCUT2D eigenvalue weighted by Gasteiger charge is -2.28. The average Bonchev–Trinajstić information content (AvgIpc) is 2.77. The fraction of sp³-hybridized carbons (Fsp3) is 0.769. The lowest BCUT2D eigenvalue weighted by Crippen LogP contribution is -2.30. The van der Waals surface area contributed by atoms with Crippen LogP contribution in [0.25, 0.3) is 0 Å². The third-order valence-corrected chi connectivity index (χ3v) is 4.46. The maximum atomic E-state index is 5.52. The average molecular weight is 253 g/mol. The summed E-state index contributed by atoms with van der Waals surface area (Å²) in [7, 11) is 2.21. The van der Waals surface area contributed by atoms with Gasteiger partial charge in [0.1, 0.15) is 0 Å². The first-order valence-corrected chi connectivity index (χ1v) is 7.48. The second-order valence-electron chi connectivity index (χ2n) is 5.08. The van der Waals surface area contributed by atoms with Crippen LogP contribution in [0, 0.1) is 5.92 Å². The molecule has 1 saturated heterocycles. The molecule has 96 valence electrons. The zero-order valence-electron chi connectivity index (χ0n) is 10.7. The number of rotatable bonds is 5. The first-order valence-electron chi connectivity index (χ1n) is 6.60. The molecule has 0 unspecified atom stereocenters. The Labute approximate surface area is 108 Å². The standard InChI is InChI=1S/C13H23N3S/c1-16-7-4-11(5-8-16)9-13-15-12(10-17-13)3-2-6-14/h10-11H,2-9,14H2,1H3. The predicted octanol–water partition coefficient (Wildman–Crippen LogP) is 1.92. The van der Waals surface area contributed by atoms with Crippen LogP contribution in [0.2, 0.25) is 0 Å². The van der Waals surface area contributed by atoms with Gasteiger partial charge in [0, 0.05) is 11.8 Å². The van der Waals surface area contributed by atoms with Gasteiger partial charge in [-0.25, -0.2) is 4.98 Å². The summed E-state index contributed by atoms with van der Waals surface area (Å²) >= 11 is 1.83. The summed E-state index contributed by atoms with van der Waals surface area (Å²) in [6, 6.07) is 0. The van der Waals surface area contributed by atoms with Gasteiger partial charge in [-0.1, -0.05) is 0 Å². The number of aryl methyl sites for hydroxylation is 1. The Morgan fingerprint density at radius 2 is 2.24 bits per heavy atom. The molecule has 1 fully saturated rings. The quantitative estimate of drug-likeness (QED) is 0.872. The SMILES string of the molecule is CN1CCC(Cc2nc(CCCN)cs2)CC1. The maximum Gasteiger partial charge on any atom is 0.0931 e. The molecule has 1 aliphatic rings. The summed E-state index contributed by atoms with van der Waals surface area (Å²) in [5.74, 6) is 0.847. The molecule has 2 heterocycles. The van der Waals surface area contributed by atoms with E-state index in [1.165, 1.54) is 43.1 Å². The molecular weight excluding hydrogens is 230 g/mol. The Bertz CT molecular complexity index is 329. The minimum absolute atomic E-state index is 0.766. The van der Waals surface area contributed by atoms with Crippen LogP contribution in [0.3, 0.4) is 0 Å². The molecule has 17 heavy (non-hydrogen) atoms. The van der Waals surface area contributed by atoms with Gasteiger partial charge < -0.3 is 10.6 Å². The number of piperidine rings is 1. The number of hydrogen-bond donors (Lipinski definition) is 1. The number of likely N-dealkylation sites (tertiary alicyclic amines) is 1. The molecule has 1 aromatic rings. The van der Waals surface area contributed by atoms with E-state index in [2.05, 4.69) is 17.3 Å². The van der Waals surface area contributed by atoms with Crippen LogP contribution in [0.5, 0.6) is 0 Å². The van der Waals surface area contributed by atoms with E-state index in [0.29, 0.717) is 0 Å². The number of nitrogens with zero attached hydrogens (tertiary/aromatic N) is 2. The molecule has 0 radical (unpaired) electrons. The van der Waals surface area contributed by atoms with Gasteiger partial charge in [-0.15, -0.1) is 11.3 Å². The van der Waals surface area contributed by atoms with E-state index in [1.54, 1.807) is 0 Å². The highest BCUT2D eigenvalue weighted by Gasteiger charge is 2.18. The Morgan fingerprint density at radius 3 is 2.94 bits per heavy atom. The van der Waals surface area contributed by atoms with Crippen molar-refractivity contribution in [1.29, 1.82) is 0 Å². The van der Waals surface area contributed by atoms with Crippen LogP contribution in [0.1, 0.15) is 30.0 Å². The van der Waals surface area contributed by atoms with Crippen LogP contribution in [0.4, 0.5) is 0 Å². The zero-order valence-corrected chi connectivity index (χ0v) is 11.5. The largest absolute Gasteiger partial charge is 0.330 e. The molecule has 0 atom stereocenters. The molecular formula is C13H23N3S. The van der Waals surface area contributed by atoms with Crippen LogP contribution in [0.15, 0.2) is 5.38 Å². The van der Waals surface area contributed by atoms with E-state index in [9.17, 15) is 0 Å². The summed E-state index contributed by atoms with van der Waals surface area (Å²) < 4.78 is 0. The van der Waals surface area contributed by atoms with Gasteiger partial charge in [-0.2, -0.15) is 0 Å². The van der Waals surface area contributed by atoms with Gasteiger partial charge in [0.25, 0.3) is 0 Å². The van der Waals surface area contributed by atoms with Gasteiger partial charge in [0.2, 0.25) is 0 Å². The minimum atomic E-state index is 0.766. The van der Waals surface area contributed by atoms with E-state index in [4.69, 9.17) is 10.7 Å². The maximum absolute atomic E-state index is 5.52. The predicted molar refractivity (Wildman–Crippen MR) is 73.4 cm³/mol. The van der Waals surface area contributed by atoms with Gasteiger partial charge in [-0.05, 0) is 58.3 Å². The minimum Gasteiger partial charge on any atom is -0.330 e. The molecule has 1 aliphatic heterocycles. The summed E-state index contributed by atoms with van der Waals surface area (Å²) in [6.07, 6.45) is 5.93. The molecule has 4 heteroatoms. The third kappa shape index (κ3) is 4.05. The zero-order chi connectivity index (χ0) is 12.1. The monoisotopic (exact) mass is 253 g/mol. The summed E-state index contributed by atoms with van der Waals surface area (Å²) in [6.45, 7) is 3.26. The molecule has 3 nitrogen and oxygen atoms in total. The summed E-state index contributed by atoms with van der Waals surface area (Å²) in [5.41, 5.74) is 6.76. The number of nitrogens with two attached hydrogens (primary N) is 1. The first-order chi connectivity index (χ1) is 8.28. The van der Waals surface area contributed by atoms with Crippen molar-refractivity contribution in [2.24, 2.45) is 11.7 Å². The Kier molecular flexibility index (Phi) is 4.95. The second kappa shape index (κ2) is 6.47. The summed E-state index contributed by atoms with van der Waals surface area (Å²) in [4.78, 5) is 7.13. The third-order valence-electron chi connectivity index (χ3n) is 3.54.